The maximum Gasteiger partial charge on any atom is 0.328 e. The fourth-order valence-corrected chi connectivity index (χ4v) is 2.94. The second-order valence-electron chi connectivity index (χ2n) is 5.96. The molecule has 0 radical (unpaired) electrons. The van der Waals surface area contributed by atoms with Crippen LogP contribution in [0.4, 0.5) is 0 Å². The van der Waals surface area contributed by atoms with Crippen LogP contribution < -0.4 is 11.1 Å². The molecule has 1 aromatic rings. The number of nitrogens with one attached hydrogen (secondary N) is 1. The molecule has 0 heterocycles. The number of esters is 1. The SMILES string of the molecule is COC(=O)[C@H](CCSC)NC(=O)c1cc(CC=CC(N)CS)ccc1C. The molecule has 26 heavy (non-hydrogen) atoms. The molecule has 0 saturated carbocycles. The Morgan fingerprint density at radius 2 is 2.15 bits per heavy atom. The van der Waals surface area contributed by atoms with E-state index in [2.05, 4.69) is 17.9 Å². The van der Waals surface area contributed by atoms with E-state index in [0.717, 1.165) is 16.9 Å². The Morgan fingerprint density at radius 1 is 1.42 bits per heavy atom. The van der Waals surface area contributed by atoms with Crippen molar-refractivity contribution in [2.24, 2.45) is 5.73 Å². The van der Waals surface area contributed by atoms with E-state index in [0.29, 0.717) is 24.2 Å². The molecule has 144 valence electrons. The van der Waals surface area contributed by atoms with Crippen LogP contribution in [0.15, 0.2) is 30.4 Å². The highest BCUT2D eigenvalue weighted by atomic mass is 32.2. The van der Waals surface area contributed by atoms with Gasteiger partial charge in [0.15, 0.2) is 0 Å². The van der Waals surface area contributed by atoms with Crippen molar-refractivity contribution in [2.75, 3.05) is 24.9 Å². The average Bonchev–Trinajstić information content (AvgIpc) is 2.65. The third kappa shape index (κ3) is 7.43. The lowest BCUT2D eigenvalue weighted by Crippen LogP contribution is -2.42. The van der Waals surface area contributed by atoms with Gasteiger partial charge in [0.25, 0.3) is 5.91 Å². The largest absolute Gasteiger partial charge is 0.467 e. The maximum atomic E-state index is 12.7. The van der Waals surface area contributed by atoms with Crippen molar-refractivity contribution in [3.63, 3.8) is 0 Å². The van der Waals surface area contributed by atoms with E-state index in [1.807, 2.05) is 43.5 Å². The van der Waals surface area contributed by atoms with Crippen molar-refractivity contribution in [2.45, 2.75) is 31.8 Å². The lowest BCUT2D eigenvalue weighted by atomic mass is 10.0. The molecule has 2 atom stereocenters. The van der Waals surface area contributed by atoms with Crippen LogP contribution in [0, 0.1) is 6.92 Å². The number of rotatable bonds is 10. The van der Waals surface area contributed by atoms with Gasteiger partial charge in [0.05, 0.1) is 7.11 Å². The number of allylic oxidation sites excluding steroid dienone is 1. The summed E-state index contributed by atoms with van der Waals surface area (Å²) in [4.78, 5) is 24.6. The summed E-state index contributed by atoms with van der Waals surface area (Å²) >= 11 is 5.76. The highest BCUT2D eigenvalue weighted by molar-refractivity contribution is 7.98. The molecule has 0 aliphatic rings. The lowest BCUT2D eigenvalue weighted by molar-refractivity contribution is -0.142. The van der Waals surface area contributed by atoms with E-state index in [-0.39, 0.29) is 11.9 Å². The number of aryl methyl sites for hydroxylation is 1. The highest BCUT2D eigenvalue weighted by Crippen LogP contribution is 2.14. The molecule has 1 amide bonds. The van der Waals surface area contributed by atoms with Crippen LogP contribution in [-0.4, -0.2) is 48.8 Å². The van der Waals surface area contributed by atoms with E-state index in [1.54, 1.807) is 11.8 Å². The van der Waals surface area contributed by atoms with Crippen molar-refractivity contribution < 1.29 is 14.3 Å². The second kappa shape index (κ2) is 12.0. The standard InChI is InChI=1S/C19H28N2O3S2/c1-13-7-8-14(5-4-6-15(20)12-25)11-16(13)18(22)21-17(9-10-26-3)19(23)24-2/h4,6-8,11,15,17,25H,5,9-10,12,20H2,1-3H3,(H,21,22)/t15?,17-/m0/s1. The Balaban J connectivity index is 2.87. The van der Waals surface area contributed by atoms with E-state index >= 15 is 0 Å². The summed E-state index contributed by atoms with van der Waals surface area (Å²) in [6, 6.07) is 5.02. The molecular weight excluding hydrogens is 368 g/mol. The number of thiol groups is 1. The summed E-state index contributed by atoms with van der Waals surface area (Å²) in [5.74, 6) is 0.653. The van der Waals surface area contributed by atoms with Gasteiger partial charge >= 0.3 is 5.97 Å². The number of benzene rings is 1. The fourth-order valence-electron chi connectivity index (χ4n) is 2.34. The molecule has 0 aliphatic heterocycles. The van der Waals surface area contributed by atoms with Gasteiger partial charge in [-0.3, -0.25) is 4.79 Å². The molecule has 0 bridgehead atoms. The van der Waals surface area contributed by atoms with Crippen LogP contribution in [0.25, 0.3) is 0 Å². The van der Waals surface area contributed by atoms with Crippen molar-refractivity contribution in [1.82, 2.24) is 5.32 Å². The van der Waals surface area contributed by atoms with E-state index in [9.17, 15) is 9.59 Å². The van der Waals surface area contributed by atoms with Gasteiger partial charge in [-0.15, -0.1) is 0 Å². The van der Waals surface area contributed by atoms with Crippen LogP contribution >= 0.6 is 24.4 Å². The molecular formula is C19H28N2O3S2. The molecule has 7 heteroatoms. The number of methoxy groups -OCH3 is 1. The maximum absolute atomic E-state index is 12.7. The number of carbonyl (C=O) groups excluding carboxylic acids is 2. The fraction of sp³-hybridized carbons (Fsp3) is 0.474. The molecule has 5 nitrogen and oxygen atoms in total. The predicted octanol–water partition coefficient (Wildman–Crippen LogP) is 2.38. The van der Waals surface area contributed by atoms with Gasteiger partial charge in [0, 0.05) is 17.4 Å². The zero-order valence-corrected chi connectivity index (χ0v) is 17.2. The molecule has 1 rings (SSSR count). The monoisotopic (exact) mass is 396 g/mol. The van der Waals surface area contributed by atoms with Crippen LogP contribution in [0.2, 0.25) is 0 Å². The van der Waals surface area contributed by atoms with Gasteiger partial charge in [-0.05, 0) is 49.0 Å². The number of ether oxygens (including phenoxy) is 1. The van der Waals surface area contributed by atoms with E-state index in [1.165, 1.54) is 7.11 Å². The van der Waals surface area contributed by atoms with Gasteiger partial charge in [-0.2, -0.15) is 24.4 Å². The Bertz CT molecular complexity index is 635. The third-order valence-electron chi connectivity index (χ3n) is 3.90. The lowest BCUT2D eigenvalue weighted by Gasteiger charge is -2.17. The minimum Gasteiger partial charge on any atom is -0.467 e. The first-order valence-electron chi connectivity index (χ1n) is 8.43. The summed E-state index contributed by atoms with van der Waals surface area (Å²) in [6.45, 7) is 1.88. The minimum atomic E-state index is -0.642. The normalized spacial score (nSPS) is 13.4. The highest BCUT2D eigenvalue weighted by Gasteiger charge is 2.22. The number of carbonyl (C=O) groups is 2. The number of thioether (sulfide) groups is 1. The Morgan fingerprint density at radius 3 is 2.77 bits per heavy atom. The molecule has 0 aromatic heterocycles. The molecule has 3 N–H and O–H groups in total. The third-order valence-corrected chi connectivity index (χ3v) is 4.96. The first-order chi connectivity index (χ1) is 12.4. The Kier molecular flexibility index (Phi) is 10.5. The number of hydrogen-bond donors (Lipinski definition) is 3. The molecule has 0 fully saturated rings. The average molecular weight is 397 g/mol. The summed E-state index contributed by atoms with van der Waals surface area (Å²) in [7, 11) is 1.33. The molecule has 1 aromatic carbocycles. The number of nitrogens with two attached hydrogens (primary N) is 1. The van der Waals surface area contributed by atoms with E-state index in [4.69, 9.17) is 10.5 Å². The van der Waals surface area contributed by atoms with Crippen LogP contribution in [0.1, 0.15) is 27.9 Å². The number of hydrogen-bond acceptors (Lipinski definition) is 6. The quantitative estimate of drug-likeness (QED) is 0.321. The first kappa shape index (κ1) is 22.6. The predicted molar refractivity (Wildman–Crippen MR) is 112 cm³/mol. The van der Waals surface area contributed by atoms with Gasteiger partial charge in [-0.1, -0.05) is 24.3 Å². The van der Waals surface area contributed by atoms with Gasteiger partial charge in [0.2, 0.25) is 0 Å². The van der Waals surface area contributed by atoms with Crippen LogP contribution in [0.3, 0.4) is 0 Å². The van der Waals surface area contributed by atoms with Crippen LogP contribution in [-0.2, 0) is 16.0 Å². The minimum absolute atomic E-state index is 0.0798. The van der Waals surface area contributed by atoms with Crippen LogP contribution in [0.5, 0.6) is 0 Å². The second-order valence-corrected chi connectivity index (χ2v) is 7.31. The van der Waals surface area contributed by atoms with E-state index < -0.39 is 12.0 Å². The molecule has 0 spiro atoms. The van der Waals surface area contributed by atoms with Crippen molar-refractivity contribution in [3.8, 4) is 0 Å². The Labute approximate surface area is 165 Å². The van der Waals surface area contributed by atoms with Gasteiger partial charge in [0.1, 0.15) is 6.04 Å². The van der Waals surface area contributed by atoms with Gasteiger partial charge < -0.3 is 15.8 Å². The summed E-state index contributed by atoms with van der Waals surface area (Å²) in [5.41, 5.74) is 8.22. The molecule has 0 saturated heterocycles. The van der Waals surface area contributed by atoms with Crippen molar-refractivity contribution >= 4 is 36.3 Å². The molecule has 0 aliphatic carbocycles. The molecule has 1 unspecified atom stereocenters. The summed E-state index contributed by atoms with van der Waals surface area (Å²) in [5, 5.41) is 2.80. The first-order valence-corrected chi connectivity index (χ1v) is 10.5. The van der Waals surface area contributed by atoms with Crippen molar-refractivity contribution in [1.29, 1.82) is 0 Å². The van der Waals surface area contributed by atoms with Gasteiger partial charge in [-0.25, -0.2) is 4.79 Å². The summed E-state index contributed by atoms with van der Waals surface area (Å²) < 4.78 is 4.80. The summed E-state index contributed by atoms with van der Waals surface area (Å²) in [6.07, 6.45) is 7.04. The zero-order valence-electron chi connectivity index (χ0n) is 15.5. The zero-order chi connectivity index (χ0) is 19.5. The Hall–Kier alpha value is -1.44. The van der Waals surface area contributed by atoms with Crippen molar-refractivity contribution in [3.05, 3.63) is 47.0 Å². The number of amides is 1. The topological polar surface area (TPSA) is 81.4 Å². The smallest absolute Gasteiger partial charge is 0.328 e.